The lowest BCUT2D eigenvalue weighted by molar-refractivity contribution is -0.121. The van der Waals surface area contributed by atoms with Gasteiger partial charge in [0, 0.05) is 13.6 Å². The molecule has 0 aromatic heterocycles. The highest BCUT2D eigenvalue weighted by molar-refractivity contribution is 5.99. The first-order valence-corrected chi connectivity index (χ1v) is 5.89. The van der Waals surface area contributed by atoms with E-state index < -0.39 is 5.91 Å². The fourth-order valence-electron chi connectivity index (χ4n) is 1.61. The van der Waals surface area contributed by atoms with Crippen LogP contribution < -0.4 is 10.1 Å². The predicted octanol–water partition coefficient (Wildman–Crippen LogP) is 0.609. The van der Waals surface area contributed by atoms with Crippen LogP contribution in [0.1, 0.15) is 17.3 Å². The molecule has 104 valence electrons. The van der Waals surface area contributed by atoms with E-state index >= 15 is 0 Å². The highest BCUT2D eigenvalue weighted by Gasteiger charge is 2.19. The average Bonchev–Trinajstić information content (AvgIpc) is 2.38. The van der Waals surface area contributed by atoms with Gasteiger partial charge in [-0.1, -0.05) is 6.07 Å². The van der Waals surface area contributed by atoms with Crippen LogP contribution in [0.5, 0.6) is 11.5 Å². The molecular formula is C13H18N2O4. The van der Waals surface area contributed by atoms with Gasteiger partial charge < -0.3 is 20.1 Å². The van der Waals surface area contributed by atoms with Crippen molar-refractivity contribution < 1.29 is 19.4 Å². The van der Waals surface area contributed by atoms with Crippen molar-refractivity contribution >= 4 is 11.8 Å². The summed E-state index contributed by atoms with van der Waals surface area (Å²) in [5.74, 6) is -0.696. The lowest BCUT2D eigenvalue weighted by Gasteiger charge is -2.17. The minimum absolute atomic E-state index is 0.0661. The topological polar surface area (TPSA) is 78.9 Å². The number of phenolic OH excluding ortho intramolecular Hbond substituents is 1. The Morgan fingerprint density at radius 2 is 2.11 bits per heavy atom. The lowest BCUT2D eigenvalue weighted by Crippen LogP contribution is -2.38. The first-order chi connectivity index (χ1) is 9.01. The van der Waals surface area contributed by atoms with Gasteiger partial charge >= 0.3 is 0 Å². The van der Waals surface area contributed by atoms with E-state index in [1.165, 1.54) is 25.1 Å². The summed E-state index contributed by atoms with van der Waals surface area (Å²) in [5, 5.41) is 12.5. The quantitative estimate of drug-likeness (QED) is 0.818. The van der Waals surface area contributed by atoms with E-state index in [1.807, 2.05) is 0 Å². The molecule has 1 aromatic rings. The summed E-state index contributed by atoms with van der Waals surface area (Å²) in [4.78, 5) is 24.7. The maximum Gasteiger partial charge on any atom is 0.257 e. The number of carbonyl (C=O) groups excluding carboxylic acids is 2. The molecule has 0 bridgehead atoms. The van der Waals surface area contributed by atoms with E-state index in [1.54, 1.807) is 19.1 Å². The van der Waals surface area contributed by atoms with Gasteiger partial charge in [-0.3, -0.25) is 9.59 Å². The molecule has 0 aliphatic carbocycles. The summed E-state index contributed by atoms with van der Waals surface area (Å²) in [6.45, 7) is 2.24. The normalized spacial score (nSPS) is 9.84. The fraction of sp³-hybridized carbons (Fsp3) is 0.385. The van der Waals surface area contributed by atoms with E-state index in [0.717, 1.165) is 0 Å². The molecule has 1 rings (SSSR count). The number of rotatable bonds is 5. The highest BCUT2D eigenvalue weighted by Crippen LogP contribution is 2.29. The van der Waals surface area contributed by atoms with Crippen LogP contribution in [0.15, 0.2) is 18.2 Å². The number of methoxy groups -OCH3 is 1. The first-order valence-electron chi connectivity index (χ1n) is 5.89. The zero-order chi connectivity index (χ0) is 14.4. The van der Waals surface area contributed by atoms with Gasteiger partial charge in [0.1, 0.15) is 0 Å². The van der Waals surface area contributed by atoms with Crippen molar-refractivity contribution in [2.24, 2.45) is 0 Å². The van der Waals surface area contributed by atoms with Crippen LogP contribution >= 0.6 is 0 Å². The molecule has 6 nitrogen and oxygen atoms in total. The fourth-order valence-corrected chi connectivity index (χ4v) is 1.61. The number of carbonyl (C=O) groups is 2. The van der Waals surface area contributed by atoms with E-state index in [0.29, 0.717) is 6.54 Å². The molecule has 0 saturated carbocycles. The summed E-state index contributed by atoms with van der Waals surface area (Å²) < 4.78 is 4.94. The second-order valence-corrected chi connectivity index (χ2v) is 3.97. The molecule has 0 spiro atoms. The van der Waals surface area contributed by atoms with E-state index in [4.69, 9.17) is 4.74 Å². The van der Waals surface area contributed by atoms with Crippen LogP contribution in [0.25, 0.3) is 0 Å². The van der Waals surface area contributed by atoms with Gasteiger partial charge in [-0.2, -0.15) is 0 Å². The summed E-state index contributed by atoms with van der Waals surface area (Å²) in [7, 11) is 2.90. The number of benzene rings is 1. The zero-order valence-corrected chi connectivity index (χ0v) is 11.3. The molecule has 6 heteroatoms. The zero-order valence-electron chi connectivity index (χ0n) is 11.3. The summed E-state index contributed by atoms with van der Waals surface area (Å²) in [5.41, 5.74) is 0.103. The second-order valence-electron chi connectivity index (χ2n) is 3.97. The Morgan fingerprint density at radius 1 is 1.42 bits per heavy atom. The molecular weight excluding hydrogens is 248 g/mol. The smallest absolute Gasteiger partial charge is 0.257 e. The van der Waals surface area contributed by atoms with Gasteiger partial charge in [0.2, 0.25) is 5.91 Å². The third-order valence-corrected chi connectivity index (χ3v) is 2.55. The maximum atomic E-state index is 12.1. The second kappa shape index (κ2) is 6.63. The van der Waals surface area contributed by atoms with Gasteiger partial charge in [-0.15, -0.1) is 0 Å². The standard InChI is InChI=1S/C13H18N2O4/c1-4-14-11(16)8-15(2)13(18)9-6-5-7-10(19-3)12(9)17/h5-7,17H,4,8H2,1-3H3,(H,14,16). The number of nitrogens with one attached hydrogen (secondary N) is 1. The van der Waals surface area contributed by atoms with Crippen molar-refractivity contribution in [1.29, 1.82) is 0 Å². The van der Waals surface area contributed by atoms with Crippen molar-refractivity contribution in [3.63, 3.8) is 0 Å². The number of para-hydroxylation sites is 1. The lowest BCUT2D eigenvalue weighted by atomic mass is 10.1. The minimum Gasteiger partial charge on any atom is -0.504 e. The van der Waals surface area contributed by atoms with Crippen LogP contribution in [0, 0.1) is 0 Å². The average molecular weight is 266 g/mol. The summed E-state index contributed by atoms with van der Waals surface area (Å²) in [6.07, 6.45) is 0. The number of hydrogen-bond donors (Lipinski definition) is 2. The van der Waals surface area contributed by atoms with Crippen LogP contribution in [-0.2, 0) is 4.79 Å². The Hall–Kier alpha value is -2.24. The number of nitrogens with zero attached hydrogens (tertiary/aromatic N) is 1. The van der Waals surface area contributed by atoms with Gasteiger partial charge in [-0.25, -0.2) is 0 Å². The van der Waals surface area contributed by atoms with Crippen LogP contribution in [0.3, 0.4) is 0 Å². The minimum atomic E-state index is -0.442. The summed E-state index contributed by atoms with van der Waals surface area (Å²) in [6, 6.07) is 4.63. The van der Waals surface area contributed by atoms with Gasteiger partial charge in [-0.05, 0) is 19.1 Å². The van der Waals surface area contributed by atoms with E-state index in [9.17, 15) is 14.7 Å². The Balaban J connectivity index is 2.85. The van der Waals surface area contributed by atoms with Crippen LogP contribution in [-0.4, -0.2) is 49.1 Å². The Bertz CT molecular complexity index is 474. The van der Waals surface area contributed by atoms with E-state index in [2.05, 4.69) is 5.32 Å². The van der Waals surface area contributed by atoms with Crippen molar-refractivity contribution in [3.8, 4) is 11.5 Å². The predicted molar refractivity (Wildman–Crippen MR) is 70.3 cm³/mol. The molecule has 0 heterocycles. The third-order valence-electron chi connectivity index (χ3n) is 2.55. The van der Waals surface area contributed by atoms with Gasteiger partial charge in [0.15, 0.2) is 11.5 Å². The molecule has 1 aromatic carbocycles. The molecule has 0 unspecified atom stereocenters. The van der Waals surface area contributed by atoms with Crippen molar-refractivity contribution in [1.82, 2.24) is 10.2 Å². The van der Waals surface area contributed by atoms with Crippen LogP contribution in [0.2, 0.25) is 0 Å². The number of ether oxygens (including phenoxy) is 1. The van der Waals surface area contributed by atoms with Crippen LogP contribution in [0.4, 0.5) is 0 Å². The highest BCUT2D eigenvalue weighted by atomic mass is 16.5. The molecule has 19 heavy (non-hydrogen) atoms. The molecule has 0 aliphatic heterocycles. The molecule has 0 radical (unpaired) electrons. The Kier molecular flexibility index (Phi) is 5.17. The van der Waals surface area contributed by atoms with Gasteiger partial charge in [0.25, 0.3) is 5.91 Å². The van der Waals surface area contributed by atoms with Gasteiger partial charge in [0.05, 0.1) is 19.2 Å². The molecule has 2 N–H and O–H groups in total. The molecule has 0 aliphatic rings. The maximum absolute atomic E-state index is 12.1. The SMILES string of the molecule is CCNC(=O)CN(C)C(=O)c1cccc(OC)c1O. The van der Waals surface area contributed by atoms with Crippen molar-refractivity contribution in [2.75, 3.05) is 27.2 Å². The molecule has 0 atom stereocenters. The largest absolute Gasteiger partial charge is 0.504 e. The monoisotopic (exact) mass is 266 g/mol. The molecule has 2 amide bonds. The molecule has 0 saturated heterocycles. The third kappa shape index (κ3) is 3.61. The number of likely N-dealkylation sites (N-methyl/N-ethyl adjacent to an activating group) is 2. The van der Waals surface area contributed by atoms with E-state index in [-0.39, 0.29) is 29.5 Å². The Labute approximate surface area is 112 Å². The Morgan fingerprint density at radius 3 is 2.68 bits per heavy atom. The summed E-state index contributed by atoms with van der Waals surface area (Å²) >= 11 is 0. The number of phenols is 1. The number of amides is 2. The van der Waals surface area contributed by atoms with Crippen molar-refractivity contribution in [3.05, 3.63) is 23.8 Å². The van der Waals surface area contributed by atoms with Crippen molar-refractivity contribution in [2.45, 2.75) is 6.92 Å². The number of hydrogen-bond acceptors (Lipinski definition) is 4. The number of aromatic hydroxyl groups is 1. The first kappa shape index (κ1) is 14.8. The molecule has 0 fully saturated rings.